The van der Waals surface area contributed by atoms with E-state index in [0.29, 0.717) is 48.0 Å². The van der Waals surface area contributed by atoms with Gasteiger partial charge in [0.1, 0.15) is 11.3 Å². The Labute approximate surface area is 256 Å². The highest BCUT2D eigenvalue weighted by molar-refractivity contribution is 5.95. The van der Waals surface area contributed by atoms with Crippen molar-refractivity contribution in [3.05, 3.63) is 75.5 Å². The number of aromatic nitrogens is 4. The standard InChI is InChI=1S/C32H41FN8O3/c1-3-4-17-44-31-38-28(34)27-29(39-31)41(32(43)37-27)20-23-7-5-22(6-8-23)19-40-15-12-21(13-16-40)11-14-36-30(42)24-9-10-25(33)26(18-24)35-2/h5-10,18,21,35H,3-4,11-17,19-20H2,1-2H3,(H,36,42)(H,37,43)(H2,34,38,39). The summed E-state index contributed by atoms with van der Waals surface area (Å²) in [6, 6.07) is 12.8. The molecule has 2 aromatic carbocycles. The fourth-order valence-corrected chi connectivity index (χ4v) is 5.52. The fourth-order valence-electron chi connectivity index (χ4n) is 5.52. The number of nitrogens with two attached hydrogens (primary N) is 1. The van der Waals surface area contributed by atoms with Gasteiger partial charge >= 0.3 is 11.7 Å². The van der Waals surface area contributed by atoms with Crippen molar-refractivity contribution in [1.82, 2.24) is 29.7 Å². The van der Waals surface area contributed by atoms with Crippen LogP contribution in [0.5, 0.6) is 6.01 Å². The average molecular weight is 605 g/mol. The molecule has 0 bridgehead atoms. The number of hydrogen-bond acceptors (Lipinski definition) is 8. The molecule has 2 aromatic heterocycles. The highest BCUT2D eigenvalue weighted by atomic mass is 19.1. The number of ether oxygens (including phenoxy) is 1. The highest BCUT2D eigenvalue weighted by Gasteiger charge is 2.20. The number of rotatable bonds is 13. The Bertz CT molecular complexity index is 1630. The molecule has 234 valence electrons. The maximum atomic E-state index is 13.7. The first-order valence-corrected chi connectivity index (χ1v) is 15.3. The zero-order valence-electron chi connectivity index (χ0n) is 25.4. The minimum atomic E-state index is -0.377. The predicted molar refractivity (Wildman–Crippen MR) is 169 cm³/mol. The number of halogens is 1. The van der Waals surface area contributed by atoms with Crippen LogP contribution < -0.4 is 26.8 Å². The minimum Gasteiger partial charge on any atom is -0.463 e. The molecular formula is C32H41FN8O3. The number of likely N-dealkylation sites (tertiary alicyclic amines) is 1. The Morgan fingerprint density at radius 2 is 1.84 bits per heavy atom. The predicted octanol–water partition coefficient (Wildman–Crippen LogP) is 4.14. The van der Waals surface area contributed by atoms with Crippen LogP contribution in [-0.2, 0) is 13.1 Å². The second kappa shape index (κ2) is 14.3. The molecule has 12 heteroatoms. The van der Waals surface area contributed by atoms with Crippen LogP contribution in [0.3, 0.4) is 0 Å². The summed E-state index contributed by atoms with van der Waals surface area (Å²) < 4.78 is 20.9. The summed E-state index contributed by atoms with van der Waals surface area (Å²) in [6.07, 6.45) is 4.94. The molecule has 1 amide bonds. The maximum Gasteiger partial charge on any atom is 0.328 e. The number of piperidine rings is 1. The maximum absolute atomic E-state index is 13.7. The molecule has 0 radical (unpaired) electrons. The Morgan fingerprint density at radius 3 is 2.55 bits per heavy atom. The number of nitrogens with one attached hydrogen (secondary N) is 3. The van der Waals surface area contributed by atoms with Gasteiger partial charge in [0.05, 0.1) is 18.8 Å². The van der Waals surface area contributed by atoms with Crippen molar-refractivity contribution < 1.29 is 13.9 Å². The van der Waals surface area contributed by atoms with Gasteiger partial charge in [-0.1, -0.05) is 37.6 Å². The molecule has 0 spiro atoms. The van der Waals surface area contributed by atoms with Gasteiger partial charge in [0.15, 0.2) is 11.5 Å². The Hall–Kier alpha value is -4.45. The Kier molecular flexibility index (Phi) is 10.1. The van der Waals surface area contributed by atoms with Gasteiger partial charge in [0.2, 0.25) is 0 Å². The van der Waals surface area contributed by atoms with Crippen LogP contribution in [-0.4, -0.2) is 63.6 Å². The zero-order valence-corrected chi connectivity index (χ0v) is 25.4. The number of imidazole rings is 1. The number of anilines is 2. The molecule has 44 heavy (non-hydrogen) atoms. The number of H-pyrrole nitrogens is 1. The quantitative estimate of drug-likeness (QED) is 0.167. The molecule has 1 saturated heterocycles. The van der Waals surface area contributed by atoms with E-state index in [1.54, 1.807) is 11.6 Å². The number of fused-ring (bicyclic) bond motifs is 1. The number of carbonyl (C=O) groups is 1. The van der Waals surface area contributed by atoms with E-state index < -0.39 is 0 Å². The number of nitrogen functional groups attached to an aromatic ring is 1. The van der Waals surface area contributed by atoms with Crippen LogP contribution in [0.1, 0.15) is 60.5 Å². The van der Waals surface area contributed by atoms with E-state index in [1.165, 1.54) is 23.8 Å². The van der Waals surface area contributed by atoms with Crippen molar-refractivity contribution in [3.8, 4) is 6.01 Å². The molecule has 0 saturated carbocycles. The summed E-state index contributed by atoms with van der Waals surface area (Å²) in [5.41, 5.74) is 9.58. The lowest BCUT2D eigenvalue weighted by Gasteiger charge is -2.32. The number of aromatic amines is 1. The molecule has 1 fully saturated rings. The highest BCUT2D eigenvalue weighted by Crippen LogP contribution is 2.23. The molecule has 5 N–H and O–H groups in total. The third kappa shape index (κ3) is 7.54. The van der Waals surface area contributed by atoms with Crippen molar-refractivity contribution in [3.63, 3.8) is 0 Å². The number of hydrogen-bond donors (Lipinski definition) is 4. The summed E-state index contributed by atoms with van der Waals surface area (Å²) in [6.45, 7) is 6.37. The average Bonchev–Trinajstić information content (AvgIpc) is 3.34. The van der Waals surface area contributed by atoms with Crippen LogP contribution in [0.25, 0.3) is 11.2 Å². The summed E-state index contributed by atoms with van der Waals surface area (Å²) >= 11 is 0. The molecule has 3 heterocycles. The molecule has 0 atom stereocenters. The second-order valence-corrected chi connectivity index (χ2v) is 11.3. The van der Waals surface area contributed by atoms with Gasteiger partial charge in [-0.3, -0.25) is 14.3 Å². The van der Waals surface area contributed by atoms with Gasteiger partial charge < -0.3 is 26.1 Å². The van der Waals surface area contributed by atoms with Gasteiger partial charge in [0.25, 0.3) is 5.91 Å². The van der Waals surface area contributed by atoms with Gasteiger partial charge in [0, 0.05) is 25.7 Å². The van der Waals surface area contributed by atoms with E-state index in [-0.39, 0.29) is 29.2 Å². The van der Waals surface area contributed by atoms with E-state index in [9.17, 15) is 14.0 Å². The van der Waals surface area contributed by atoms with Crippen LogP contribution >= 0.6 is 0 Å². The fraction of sp³-hybridized carbons (Fsp3) is 0.438. The molecule has 5 rings (SSSR count). The lowest BCUT2D eigenvalue weighted by atomic mass is 9.93. The number of benzene rings is 2. The molecule has 0 unspecified atom stereocenters. The van der Waals surface area contributed by atoms with Crippen LogP contribution in [0.4, 0.5) is 15.9 Å². The van der Waals surface area contributed by atoms with Crippen molar-refractivity contribution in [1.29, 1.82) is 0 Å². The Morgan fingerprint density at radius 1 is 1.11 bits per heavy atom. The van der Waals surface area contributed by atoms with E-state index >= 15 is 0 Å². The van der Waals surface area contributed by atoms with Gasteiger partial charge in [-0.15, -0.1) is 0 Å². The third-order valence-corrected chi connectivity index (χ3v) is 8.17. The van der Waals surface area contributed by atoms with E-state index in [2.05, 4.69) is 49.5 Å². The summed E-state index contributed by atoms with van der Waals surface area (Å²) in [5, 5.41) is 5.74. The van der Waals surface area contributed by atoms with E-state index in [4.69, 9.17) is 10.5 Å². The monoisotopic (exact) mass is 604 g/mol. The normalized spacial score (nSPS) is 14.2. The number of unbranched alkanes of at least 4 members (excludes halogenated alkanes) is 1. The first kappa shape index (κ1) is 31.0. The van der Waals surface area contributed by atoms with Crippen LogP contribution in [0, 0.1) is 11.7 Å². The number of nitrogens with zero attached hydrogens (tertiary/aromatic N) is 4. The van der Waals surface area contributed by atoms with Crippen molar-refractivity contribution in [2.75, 3.05) is 44.3 Å². The topological polar surface area (TPSA) is 143 Å². The van der Waals surface area contributed by atoms with Crippen molar-refractivity contribution in [2.24, 2.45) is 5.92 Å². The molecule has 4 aromatic rings. The van der Waals surface area contributed by atoms with Gasteiger partial charge in [-0.25, -0.2) is 9.18 Å². The third-order valence-electron chi connectivity index (χ3n) is 8.17. The molecule has 1 aliphatic rings. The molecule has 11 nitrogen and oxygen atoms in total. The van der Waals surface area contributed by atoms with Gasteiger partial charge in [-0.2, -0.15) is 9.97 Å². The van der Waals surface area contributed by atoms with Gasteiger partial charge in [-0.05, 0) is 74.0 Å². The SMILES string of the molecule is CCCCOc1nc(N)c2[nH]c(=O)n(Cc3ccc(CN4CCC(CCNC(=O)c5ccc(F)c(NC)c5)CC4)cc3)c2n1. The van der Waals surface area contributed by atoms with E-state index in [1.807, 2.05) is 12.1 Å². The van der Waals surface area contributed by atoms with Crippen LogP contribution in [0.15, 0.2) is 47.3 Å². The zero-order chi connectivity index (χ0) is 31.1. The first-order valence-electron chi connectivity index (χ1n) is 15.3. The van der Waals surface area contributed by atoms with E-state index in [0.717, 1.165) is 57.3 Å². The first-order chi connectivity index (χ1) is 21.3. The van der Waals surface area contributed by atoms with Crippen LogP contribution in [0.2, 0.25) is 0 Å². The Balaban J connectivity index is 1.09. The lowest BCUT2D eigenvalue weighted by Crippen LogP contribution is -2.34. The molecule has 0 aliphatic carbocycles. The molecule has 1 aliphatic heterocycles. The van der Waals surface area contributed by atoms with Crippen molar-refractivity contribution >= 4 is 28.6 Å². The smallest absolute Gasteiger partial charge is 0.328 e. The second-order valence-electron chi connectivity index (χ2n) is 11.3. The largest absolute Gasteiger partial charge is 0.463 e. The summed E-state index contributed by atoms with van der Waals surface area (Å²) in [5.74, 6) is 0.183. The number of amides is 1. The summed E-state index contributed by atoms with van der Waals surface area (Å²) in [4.78, 5) is 39.0. The van der Waals surface area contributed by atoms with Crippen molar-refractivity contribution in [2.45, 2.75) is 52.1 Å². The number of carbonyl (C=O) groups excluding carboxylic acids is 1. The minimum absolute atomic E-state index is 0.174. The lowest BCUT2D eigenvalue weighted by molar-refractivity contribution is 0.0947. The molecular weight excluding hydrogens is 563 g/mol. The summed E-state index contributed by atoms with van der Waals surface area (Å²) in [7, 11) is 1.63.